The lowest BCUT2D eigenvalue weighted by molar-refractivity contribution is 0.0701. The van der Waals surface area contributed by atoms with Crippen LogP contribution < -0.4 is 4.90 Å². The molecule has 0 aromatic carbocycles. The van der Waals surface area contributed by atoms with Gasteiger partial charge in [-0.15, -0.1) is 0 Å². The third-order valence-electron chi connectivity index (χ3n) is 3.17. The summed E-state index contributed by atoms with van der Waals surface area (Å²) in [6, 6.07) is 0.426. The molecule has 0 aliphatic carbocycles. The van der Waals surface area contributed by atoms with Crippen molar-refractivity contribution in [2.75, 3.05) is 11.4 Å². The van der Waals surface area contributed by atoms with E-state index in [1.807, 2.05) is 0 Å². The number of carbonyl (C=O) groups is 1. The lowest BCUT2D eigenvalue weighted by Gasteiger charge is -2.31. The van der Waals surface area contributed by atoms with E-state index in [4.69, 9.17) is 5.11 Å². The molecule has 0 aliphatic rings. The van der Waals surface area contributed by atoms with E-state index in [9.17, 15) is 4.79 Å². The SMILES string of the molecule is CCC(CC)N(CC(C)C)c1nc(C)c(C(=O)O)s1. The monoisotopic (exact) mass is 284 g/mol. The summed E-state index contributed by atoms with van der Waals surface area (Å²) in [6.07, 6.45) is 2.09. The van der Waals surface area contributed by atoms with E-state index in [-0.39, 0.29) is 0 Å². The van der Waals surface area contributed by atoms with Crippen LogP contribution in [0.1, 0.15) is 55.9 Å². The average Bonchev–Trinajstić information content (AvgIpc) is 2.71. The van der Waals surface area contributed by atoms with Crippen LogP contribution in [0.5, 0.6) is 0 Å². The highest BCUT2D eigenvalue weighted by atomic mass is 32.1. The minimum Gasteiger partial charge on any atom is -0.477 e. The first-order valence-electron chi connectivity index (χ1n) is 6.87. The minimum atomic E-state index is -0.879. The largest absolute Gasteiger partial charge is 0.477 e. The van der Waals surface area contributed by atoms with Crippen molar-refractivity contribution >= 4 is 22.4 Å². The molecule has 108 valence electrons. The quantitative estimate of drug-likeness (QED) is 0.827. The van der Waals surface area contributed by atoms with E-state index in [1.54, 1.807) is 6.92 Å². The lowest BCUT2D eigenvalue weighted by Crippen LogP contribution is -2.37. The van der Waals surface area contributed by atoms with Gasteiger partial charge in [0.15, 0.2) is 5.13 Å². The van der Waals surface area contributed by atoms with Gasteiger partial charge < -0.3 is 10.0 Å². The zero-order valence-electron chi connectivity index (χ0n) is 12.4. The van der Waals surface area contributed by atoms with Crippen molar-refractivity contribution in [3.8, 4) is 0 Å². The zero-order chi connectivity index (χ0) is 14.6. The van der Waals surface area contributed by atoms with Gasteiger partial charge >= 0.3 is 5.97 Å². The van der Waals surface area contributed by atoms with Crippen molar-refractivity contribution in [3.05, 3.63) is 10.6 Å². The molecule has 0 amide bonds. The molecule has 0 aliphatic heterocycles. The van der Waals surface area contributed by atoms with Gasteiger partial charge in [-0.3, -0.25) is 0 Å². The molecule has 0 saturated heterocycles. The molecule has 0 unspecified atom stereocenters. The van der Waals surface area contributed by atoms with Crippen LogP contribution in [-0.2, 0) is 0 Å². The van der Waals surface area contributed by atoms with Crippen LogP contribution in [-0.4, -0.2) is 28.6 Å². The molecule has 1 rings (SSSR count). The Morgan fingerprint density at radius 2 is 1.95 bits per heavy atom. The Morgan fingerprint density at radius 3 is 2.32 bits per heavy atom. The number of aromatic carboxylic acids is 1. The smallest absolute Gasteiger partial charge is 0.347 e. The van der Waals surface area contributed by atoms with Gasteiger partial charge in [-0.25, -0.2) is 9.78 Å². The molecule has 0 spiro atoms. The van der Waals surface area contributed by atoms with Crippen molar-refractivity contribution in [1.82, 2.24) is 4.98 Å². The highest BCUT2D eigenvalue weighted by Gasteiger charge is 2.23. The molecule has 19 heavy (non-hydrogen) atoms. The fraction of sp³-hybridized carbons (Fsp3) is 0.714. The Bertz CT molecular complexity index is 425. The zero-order valence-corrected chi connectivity index (χ0v) is 13.3. The Hall–Kier alpha value is -1.10. The van der Waals surface area contributed by atoms with Gasteiger partial charge in [-0.1, -0.05) is 39.0 Å². The first-order valence-corrected chi connectivity index (χ1v) is 7.69. The summed E-state index contributed by atoms with van der Waals surface area (Å²) in [5, 5.41) is 9.99. The van der Waals surface area contributed by atoms with Gasteiger partial charge in [0.1, 0.15) is 4.88 Å². The third kappa shape index (κ3) is 3.93. The molecule has 5 heteroatoms. The van der Waals surface area contributed by atoms with Crippen molar-refractivity contribution in [2.24, 2.45) is 5.92 Å². The summed E-state index contributed by atoms with van der Waals surface area (Å²) in [4.78, 5) is 18.2. The number of aromatic nitrogens is 1. The third-order valence-corrected chi connectivity index (χ3v) is 4.35. The van der Waals surface area contributed by atoms with Crippen molar-refractivity contribution in [1.29, 1.82) is 0 Å². The maximum atomic E-state index is 11.1. The molecule has 0 fully saturated rings. The van der Waals surface area contributed by atoms with Gasteiger partial charge in [-0.05, 0) is 25.7 Å². The first-order chi connectivity index (χ1) is 8.90. The normalized spacial score (nSPS) is 11.3. The second kappa shape index (κ2) is 6.89. The molecule has 1 N–H and O–H groups in total. The predicted molar refractivity (Wildman–Crippen MR) is 80.4 cm³/mol. The fourth-order valence-electron chi connectivity index (χ4n) is 2.21. The van der Waals surface area contributed by atoms with E-state index in [0.717, 1.165) is 24.5 Å². The number of carboxylic acid groups (broad SMARTS) is 1. The molecule has 0 bridgehead atoms. The molecule has 0 radical (unpaired) electrons. The second-order valence-electron chi connectivity index (χ2n) is 5.23. The van der Waals surface area contributed by atoms with E-state index >= 15 is 0 Å². The summed E-state index contributed by atoms with van der Waals surface area (Å²) in [7, 11) is 0. The Balaban J connectivity index is 3.09. The number of carboxylic acids is 1. The number of rotatable bonds is 7. The first kappa shape index (κ1) is 16.0. The highest BCUT2D eigenvalue weighted by Crippen LogP contribution is 2.29. The number of hydrogen-bond acceptors (Lipinski definition) is 4. The molecule has 1 aromatic rings. The van der Waals surface area contributed by atoms with Crippen LogP contribution in [0.2, 0.25) is 0 Å². The highest BCUT2D eigenvalue weighted by molar-refractivity contribution is 7.17. The van der Waals surface area contributed by atoms with Gasteiger partial charge in [0.2, 0.25) is 0 Å². The number of thiazole rings is 1. The standard InChI is InChI=1S/C14H24N2O2S/c1-6-11(7-2)16(8-9(3)4)14-15-10(5)12(19-14)13(17)18/h9,11H,6-8H2,1-5H3,(H,17,18). The Kier molecular flexibility index (Phi) is 5.79. The maximum absolute atomic E-state index is 11.1. The van der Waals surface area contributed by atoms with Crippen molar-refractivity contribution < 1.29 is 9.90 Å². The molecule has 1 heterocycles. The van der Waals surface area contributed by atoms with Crippen LogP contribution in [0, 0.1) is 12.8 Å². The van der Waals surface area contributed by atoms with Crippen LogP contribution >= 0.6 is 11.3 Å². The van der Waals surface area contributed by atoms with Crippen LogP contribution in [0.25, 0.3) is 0 Å². The average molecular weight is 284 g/mol. The minimum absolute atomic E-state index is 0.356. The molecular formula is C14H24N2O2S. The van der Waals surface area contributed by atoms with Crippen molar-refractivity contribution in [3.63, 3.8) is 0 Å². The van der Waals surface area contributed by atoms with Gasteiger partial charge in [0.05, 0.1) is 5.69 Å². The molecule has 0 saturated carbocycles. The maximum Gasteiger partial charge on any atom is 0.347 e. The summed E-state index contributed by atoms with van der Waals surface area (Å²) in [6.45, 7) is 11.4. The summed E-state index contributed by atoms with van der Waals surface area (Å²) < 4.78 is 0. The van der Waals surface area contributed by atoms with Crippen LogP contribution in [0.15, 0.2) is 0 Å². The molecule has 0 atom stereocenters. The van der Waals surface area contributed by atoms with E-state index in [1.165, 1.54) is 11.3 Å². The van der Waals surface area contributed by atoms with E-state index in [2.05, 4.69) is 37.6 Å². The second-order valence-corrected chi connectivity index (χ2v) is 6.21. The van der Waals surface area contributed by atoms with Crippen molar-refractivity contribution in [2.45, 2.75) is 53.5 Å². The van der Waals surface area contributed by atoms with E-state index in [0.29, 0.717) is 22.5 Å². The number of aryl methyl sites for hydroxylation is 1. The van der Waals surface area contributed by atoms with Crippen LogP contribution in [0.3, 0.4) is 0 Å². The summed E-state index contributed by atoms with van der Waals surface area (Å²) >= 11 is 1.29. The van der Waals surface area contributed by atoms with E-state index < -0.39 is 5.97 Å². The van der Waals surface area contributed by atoms with Gasteiger partial charge in [0.25, 0.3) is 0 Å². The Morgan fingerprint density at radius 1 is 1.37 bits per heavy atom. The van der Waals surface area contributed by atoms with Gasteiger partial charge in [0, 0.05) is 12.6 Å². The predicted octanol–water partition coefficient (Wildman–Crippen LogP) is 3.80. The van der Waals surface area contributed by atoms with Gasteiger partial charge in [-0.2, -0.15) is 0 Å². The summed E-state index contributed by atoms with van der Waals surface area (Å²) in [5.74, 6) is -0.353. The summed E-state index contributed by atoms with van der Waals surface area (Å²) in [5.41, 5.74) is 0.618. The Labute approximate surface area is 119 Å². The molecule has 1 aromatic heterocycles. The number of hydrogen-bond donors (Lipinski definition) is 1. The number of nitrogens with zero attached hydrogens (tertiary/aromatic N) is 2. The lowest BCUT2D eigenvalue weighted by atomic mass is 10.1. The fourth-order valence-corrected chi connectivity index (χ4v) is 3.20. The molecular weight excluding hydrogens is 260 g/mol. The molecule has 4 nitrogen and oxygen atoms in total. The topological polar surface area (TPSA) is 53.4 Å². The number of anilines is 1. The van der Waals surface area contributed by atoms with Crippen LogP contribution in [0.4, 0.5) is 5.13 Å².